The first-order valence-corrected chi connectivity index (χ1v) is 6.93. The molecule has 1 heterocycles. The Labute approximate surface area is 106 Å². The maximum atomic E-state index is 12.1. The summed E-state index contributed by atoms with van der Waals surface area (Å²) in [5.41, 5.74) is 0. The molecule has 2 atom stereocenters. The van der Waals surface area contributed by atoms with Crippen molar-refractivity contribution in [2.45, 2.75) is 32.4 Å². The topological polar surface area (TPSA) is 60.9 Å². The van der Waals surface area contributed by atoms with E-state index in [1.165, 1.54) is 4.90 Å². The highest BCUT2D eigenvalue weighted by atomic mass is 32.2. The fourth-order valence-electron chi connectivity index (χ4n) is 1.84. The quantitative estimate of drug-likeness (QED) is 0.781. The highest BCUT2D eigenvalue weighted by Gasteiger charge is 2.35. The van der Waals surface area contributed by atoms with Crippen molar-refractivity contribution in [2.24, 2.45) is 0 Å². The number of thioether (sulfide) groups is 1. The number of likely N-dealkylation sites (N-methyl/N-ethyl adjacent to an activating group) is 1. The second-order valence-electron chi connectivity index (χ2n) is 4.30. The Morgan fingerprint density at radius 2 is 2.24 bits per heavy atom. The van der Waals surface area contributed by atoms with Crippen molar-refractivity contribution in [1.82, 2.24) is 9.80 Å². The van der Waals surface area contributed by atoms with Gasteiger partial charge < -0.3 is 14.9 Å². The largest absolute Gasteiger partial charge is 0.392 e. The second-order valence-corrected chi connectivity index (χ2v) is 5.30. The van der Waals surface area contributed by atoms with Gasteiger partial charge in [0, 0.05) is 25.8 Å². The van der Waals surface area contributed by atoms with Gasteiger partial charge in [-0.1, -0.05) is 6.92 Å². The molecule has 0 bridgehead atoms. The smallest absolute Gasteiger partial charge is 0.246 e. The normalized spacial score (nSPS) is 21.4. The molecule has 5 nitrogen and oxygen atoms in total. The summed E-state index contributed by atoms with van der Waals surface area (Å²) >= 11 is 1.59. The average Bonchev–Trinajstić information content (AvgIpc) is 2.74. The van der Waals surface area contributed by atoms with Crippen molar-refractivity contribution < 1.29 is 14.7 Å². The minimum absolute atomic E-state index is 0.0128. The number of hydrogen-bond acceptors (Lipinski definition) is 4. The van der Waals surface area contributed by atoms with E-state index in [0.717, 1.165) is 0 Å². The van der Waals surface area contributed by atoms with Crippen LogP contribution >= 0.6 is 11.8 Å². The highest BCUT2D eigenvalue weighted by molar-refractivity contribution is 7.99. The molecular formula is C11H20N2O3S. The molecule has 0 aromatic rings. The van der Waals surface area contributed by atoms with Crippen LogP contribution in [0.4, 0.5) is 0 Å². The monoisotopic (exact) mass is 260 g/mol. The number of hydrogen-bond donors (Lipinski definition) is 1. The van der Waals surface area contributed by atoms with Gasteiger partial charge in [0.2, 0.25) is 11.8 Å². The van der Waals surface area contributed by atoms with Gasteiger partial charge in [-0.3, -0.25) is 9.59 Å². The molecule has 6 heteroatoms. The molecule has 0 spiro atoms. The van der Waals surface area contributed by atoms with E-state index in [0.29, 0.717) is 24.6 Å². The number of nitrogens with zero attached hydrogens (tertiary/aromatic N) is 2. The van der Waals surface area contributed by atoms with Gasteiger partial charge in [0.15, 0.2) is 0 Å². The van der Waals surface area contributed by atoms with Gasteiger partial charge >= 0.3 is 0 Å². The lowest BCUT2D eigenvalue weighted by atomic mass is 10.2. The predicted molar refractivity (Wildman–Crippen MR) is 67.6 cm³/mol. The molecule has 1 unspecified atom stereocenters. The SMILES string of the molecule is CCC(=O)N1CSCC1C(=O)N(C)C[C@@H](C)O. The summed E-state index contributed by atoms with van der Waals surface area (Å²) < 4.78 is 0. The number of carbonyl (C=O) groups excluding carboxylic acids is 2. The summed E-state index contributed by atoms with van der Waals surface area (Å²) in [4.78, 5) is 26.9. The van der Waals surface area contributed by atoms with E-state index in [1.54, 1.807) is 37.6 Å². The number of aliphatic hydroxyl groups excluding tert-OH is 1. The Bertz CT molecular complexity index is 296. The van der Waals surface area contributed by atoms with Crippen LogP contribution in [-0.4, -0.2) is 64.1 Å². The van der Waals surface area contributed by atoms with Crippen LogP contribution in [0.15, 0.2) is 0 Å². The van der Waals surface area contributed by atoms with E-state index in [1.807, 2.05) is 0 Å². The Balaban J connectivity index is 2.64. The third-order valence-corrected chi connectivity index (χ3v) is 3.72. The van der Waals surface area contributed by atoms with Gasteiger partial charge in [0.05, 0.1) is 12.0 Å². The second kappa shape index (κ2) is 6.26. The molecule has 1 aliphatic rings. The molecular weight excluding hydrogens is 240 g/mol. The van der Waals surface area contributed by atoms with Crippen LogP contribution in [0, 0.1) is 0 Å². The van der Waals surface area contributed by atoms with E-state index >= 15 is 0 Å². The number of amides is 2. The summed E-state index contributed by atoms with van der Waals surface area (Å²) in [6.07, 6.45) is -0.127. The zero-order chi connectivity index (χ0) is 13.0. The first kappa shape index (κ1) is 14.3. The van der Waals surface area contributed by atoms with Crippen LogP contribution in [0.3, 0.4) is 0 Å². The van der Waals surface area contributed by atoms with Crippen molar-refractivity contribution >= 4 is 23.6 Å². The van der Waals surface area contributed by atoms with Crippen molar-refractivity contribution in [3.05, 3.63) is 0 Å². The summed E-state index contributed by atoms with van der Waals surface area (Å²) in [6.45, 7) is 3.74. The van der Waals surface area contributed by atoms with Crippen LogP contribution in [0.25, 0.3) is 0 Å². The maximum absolute atomic E-state index is 12.1. The summed E-state index contributed by atoms with van der Waals surface area (Å²) in [7, 11) is 1.66. The Morgan fingerprint density at radius 3 is 2.76 bits per heavy atom. The lowest BCUT2D eigenvalue weighted by molar-refractivity contribution is -0.143. The lowest BCUT2D eigenvalue weighted by Gasteiger charge is -2.27. The predicted octanol–water partition coefficient (Wildman–Crippen LogP) is 0.137. The van der Waals surface area contributed by atoms with Gasteiger partial charge in [0.25, 0.3) is 0 Å². The van der Waals surface area contributed by atoms with Crippen molar-refractivity contribution in [3.8, 4) is 0 Å². The Kier molecular flexibility index (Phi) is 5.27. The lowest BCUT2D eigenvalue weighted by Crippen LogP contribution is -2.49. The fraction of sp³-hybridized carbons (Fsp3) is 0.818. The number of carbonyl (C=O) groups is 2. The molecule has 17 heavy (non-hydrogen) atoms. The summed E-state index contributed by atoms with van der Waals surface area (Å²) in [6, 6.07) is -0.365. The zero-order valence-corrected chi connectivity index (χ0v) is 11.4. The molecule has 0 aromatic carbocycles. The van der Waals surface area contributed by atoms with E-state index in [-0.39, 0.29) is 17.9 Å². The number of aliphatic hydroxyl groups is 1. The van der Waals surface area contributed by atoms with E-state index in [2.05, 4.69) is 0 Å². The third kappa shape index (κ3) is 3.61. The summed E-state index contributed by atoms with van der Waals surface area (Å²) in [5, 5.41) is 9.26. The Morgan fingerprint density at radius 1 is 1.59 bits per heavy atom. The van der Waals surface area contributed by atoms with Gasteiger partial charge in [0.1, 0.15) is 6.04 Å². The molecule has 1 aliphatic heterocycles. The molecule has 0 aromatic heterocycles. The van der Waals surface area contributed by atoms with Crippen molar-refractivity contribution in [2.75, 3.05) is 25.2 Å². The van der Waals surface area contributed by atoms with Crippen LogP contribution < -0.4 is 0 Å². The minimum Gasteiger partial charge on any atom is -0.392 e. The molecule has 1 N–H and O–H groups in total. The van der Waals surface area contributed by atoms with E-state index in [9.17, 15) is 14.7 Å². The van der Waals surface area contributed by atoms with Crippen LogP contribution in [0.5, 0.6) is 0 Å². The average molecular weight is 260 g/mol. The molecule has 0 aliphatic carbocycles. The molecule has 2 amide bonds. The molecule has 1 rings (SSSR count). The number of rotatable bonds is 4. The van der Waals surface area contributed by atoms with Gasteiger partial charge in [-0.2, -0.15) is 0 Å². The third-order valence-electron chi connectivity index (χ3n) is 2.70. The van der Waals surface area contributed by atoms with Crippen LogP contribution in [-0.2, 0) is 9.59 Å². The minimum atomic E-state index is -0.548. The molecule has 1 saturated heterocycles. The first-order valence-electron chi connectivity index (χ1n) is 5.77. The molecule has 0 saturated carbocycles. The first-order chi connectivity index (χ1) is 7.97. The molecule has 98 valence electrons. The standard InChI is InChI=1S/C11H20N2O3S/c1-4-10(15)13-7-17-6-9(13)11(16)12(3)5-8(2)14/h8-9,14H,4-7H2,1-3H3/t8-,9?/m1/s1. The molecule has 0 radical (unpaired) electrons. The van der Waals surface area contributed by atoms with Crippen molar-refractivity contribution in [1.29, 1.82) is 0 Å². The highest BCUT2D eigenvalue weighted by Crippen LogP contribution is 2.23. The van der Waals surface area contributed by atoms with Crippen LogP contribution in [0.1, 0.15) is 20.3 Å². The van der Waals surface area contributed by atoms with Gasteiger partial charge in [-0.25, -0.2) is 0 Å². The Hall–Kier alpha value is -0.750. The van der Waals surface area contributed by atoms with E-state index < -0.39 is 6.10 Å². The fourth-order valence-corrected chi connectivity index (χ4v) is 3.01. The summed E-state index contributed by atoms with van der Waals surface area (Å²) in [5.74, 6) is 1.16. The van der Waals surface area contributed by atoms with Gasteiger partial charge in [-0.05, 0) is 6.92 Å². The molecule has 1 fully saturated rings. The van der Waals surface area contributed by atoms with Gasteiger partial charge in [-0.15, -0.1) is 11.8 Å². The van der Waals surface area contributed by atoms with E-state index in [4.69, 9.17) is 0 Å². The van der Waals surface area contributed by atoms with Crippen LogP contribution in [0.2, 0.25) is 0 Å². The zero-order valence-electron chi connectivity index (χ0n) is 10.5. The maximum Gasteiger partial charge on any atom is 0.246 e. The van der Waals surface area contributed by atoms with Crippen molar-refractivity contribution in [3.63, 3.8) is 0 Å².